The summed E-state index contributed by atoms with van der Waals surface area (Å²) >= 11 is 0. The highest BCUT2D eigenvalue weighted by Crippen LogP contribution is 2.31. The molecule has 4 aromatic carbocycles. The molecular weight excluding hydrogens is 536 g/mol. The Kier molecular flexibility index (Phi) is 9.47. The van der Waals surface area contributed by atoms with Crippen molar-refractivity contribution in [1.29, 1.82) is 0 Å². The molecule has 43 heavy (non-hydrogen) atoms. The molecule has 0 radical (unpaired) electrons. The van der Waals surface area contributed by atoms with Crippen LogP contribution >= 0.6 is 0 Å². The summed E-state index contributed by atoms with van der Waals surface area (Å²) in [6.07, 6.45) is 1.89. The van der Waals surface area contributed by atoms with E-state index in [1.807, 2.05) is 30.3 Å². The number of rotatable bonds is 9. The lowest BCUT2D eigenvalue weighted by molar-refractivity contribution is -0.142. The minimum atomic E-state index is -0.383. The maximum absolute atomic E-state index is 11.3. The van der Waals surface area contributed by atoms with E-state index in [0.29, 0.717) is 11.5 Å². The van der Waals surface area contributed by atoms with Gasteiger partial charge in [-0.15, -0.1) is 0 Å². The average Bonchev–Trinajstić information content (AvgIpc) is 3.60. The number of aromatic hydroxyl groups is 1. The second kappa shape index (κ2) is 13.8. The summed E-state index contributed by atoms with van der Waals surface area (Å²) in [5.41, 5.74) is 7.23. The molecule has 6 rings (SSSR count). The molecule has 6 aromatic rings. The van der Waals surface area contributed by atoms with Crippen LogP contribution in [0.4, 0.5) is 0 Å². The molecule has 0 bridgehead atoms. The van der Waals surface area contributed by atoms with Crippen molar-refractivity contribution in [3.63, 3.8) is 0 Å². The smallest absolute Gasteiger partial charge is 0.343 e. The van der Waals surface area contributed by atoms with Gasteiger partial charge in [0.2, 0.25) is 0 Å². The third-order valence-electron chi connectivity index (χ3n) is 7.66. The fourth-order valence-corrected chi connectivity index (χ4v) is 5.45. The number of aryl methyl sites for hydroxylation is 2. The molecule has 0 saturated heterocycles. The van der Waals surface area contributed by atoms with Crippen LogP contribution in [0.15, 0.2) is 109 Å². The minimum absolute atomic E-state index is 0.0824. The molecule has 220 valence electrons. The van der Waals surface area contributed by atoms with E-state index in [4.69, 9.17) is 4.74 Å². The summed E-state index contributed by atoms with van der Waals surface area (Å²) in [5, 5.41) is 11.9. The van der Waals surface area contributed by atoms with E-state index in [1.165, 1.54) is 29.6 Å². The second-order valence-electron chi connectivity index (χ2n) is 10.4. The third-order valence-corrected chi connectivity index (χ3v) is 7.66. The Morgan fingerprint density at radius 2 is 1.19 bits per heavy atom. The van der Waals surface area contributed by atoms with Crippen molar-refractivity contribution in [2.45, 2.75) is 39.8 Å². The van der Waals surface area contributed by atoms with Crippen LogP contribution in [0.25, 0.3) is 21.8 Å². The van der Waals surface area contributed by atoms with Gasteiger partial charge in [0.25, 0.3) is 0 Å². The monoisotopic (exact) mass is 574 g/mol. The highest BCUT2D eigenvalue weighted by molar-refractivity contribution is 5.88. The Labute approximate surface area is 252 Å². The van der Waals surface area contributed by atoms with Crippen molar-refractivity contribution in [2.24, 2.45) is 0 Å². The Balaban J connectivity index is 0.000000176. The van der Waals surface area contributed by atoms with Gasteiger partial charge < -0.3 is 23.7 Å². The number of nitrogens with zero attached hydrogens (tertiary/aromatic N) is 2. The number of phenolic OH excluding ortho intramolecular Hbond substituents is 1. The fraction of sp³-hybridized carbons (Fsp3) is 0.216. The molecule has 6 nitrogen and oxygen atoms in total. The number of hydrogen-bond acceptors (Lipinski definition) is 4. The van der Waals surface area contributed by atoms with Gasteiger partial charge in [-0.1, -0.05) is 86.6 Å². The normalized spacial score (nSPS) is 10.9. The molecule has 0 amide bonds. The van der Waals surface area contributed by atoms with Gasteiger partial charge >= 0.3 is 5.97 Å². The van der Waals surface area contributed by atoms with Crippen molar-refractivity contribution in [2.75, 3.05) is 13.7 Å². The first-order chi connectivity index (χ1) is 21.0. The molecule has 0 aliphatic heterocycles. The topological polar surface area (TPSA) is 65.6 Å². The SMILES string of the molecule is CCc1cc2c(O)cccc2n1Cc1ccccc1.CCc1cc2c(OCC(=O)OC)cccc2n1Cc1ccccc1. The maximum Gasteiger partial charge on any atom is 0.343 e. The molecule has 0 saturated carbocycles. The Hall–Kier alpha value is -4.97. The molecule has 0 aliphatic carbocycles. The standard InChI is InChI=1S/C20H21NO3.C17H17NO/c1-3-16-12-17-18(21(16)13-15-8-5-4-6-9-15)10-7-11-19(17)24-14-20(22)23-2;1-2-14-11-15-16(9-6-10-17(15)19)18(14)12-13-7-4-3-5-8-13/h4-12H,3,13-14H2,1-2H3;3-11,19H,2,12H2,1H3. The lowest BCUT2D eigenvalue weighted by Gasteiger charge is -2.11. The molecular formula is C37H38N2O4. The lowest BCUT2D eigenvalue weighted by atomic mass is 10.2. The van der Waals surface area contributed by atoms with Gasteiger partial charge in [-0.3, -0.25) is 0 Å². The summed E-state index contributed by atoms with van der Waals surface area (Å²) < 4.78 is 14.9. The number of benzene rings is 4. The summed E-state index contributed by atoms with van der Waals surface area (Å²) in [5.74, 6) is 0.685. The molecule has 0 unspecified atom stereocenters. The summed E-state index contributed by atoms with van der Waals surface area (Å²) in [6.45, 7) is 5.86. The van der Waals surface area contributed by atoms with Crippen LogP contribution in [0.3, 0.4) is 0 Å². The van der Waals surface area contributed by atoms with Crippen LogP contribution in [0, 0.1) is 0 Å². The summed E-state index contributed by atoms with van der Waals surface area (Å²) in [7, 11) is 1.36. The molecule has 0 fully saturated rings. The van der Waals surface area contributed by atoms with Crippen LogP contribution in [-0.2, 0) is 35.5 Å². The van der Waals surface area contributed by atoms with Crippen LogP contribution in [0.5, 0.6) is 11.5 Å². The number of hydrogen-bond donors (Lipinski definition) is 1. The number of phenols is 1. The highest BCUT2D eigenvalue weighted by atomic mass is 16.6. The van der Waals surface area contributed by atoms with Gasteiger partial charge in [0, 0.05) is 35.2 Å². The molecule has 2 heterocycles. The lowest BCUT2D eigenvalue weighted by Crippen LogP contribution is -2.12. The highest BCUT2D eigenvalue weighted by Gasteiger charge is 2.13. The molecule has 1 N–H and O–H groups in total. The minimum Gasteiger partial charge on any atom is -0.507 e. The van der Waals surface area contributed by atoms with E-state index in [9.17, 15) is 9.90 Å². The van der Waals surface area contributed by atoms with Crippen LogP contribution in [-0.4, -0.2) is 33.9 Å². The first-order valence-electron chi connectivity index (χ1n) is 14.7. The van der Waals surface area contributed by atoms with Crippen molar-refractivity contribution in [3.05, 3.63) is 132 Å². The van der Waals surface area contributed by atoms with Gasteiger partial charge in [-0.05, 0) is 60.4 Å². The summed E-state index contributed by atoms with van der Waals surface area (Å²) in [4.78, 5) is 11.3. The van der Waals surface area contributed by atoms with Gasteiger partial charge in [0.15, 0.2) is 6.61 Å². The zero-order chi connectivity index (χ0) is 30.2. The van der Waals surface area contributed by atoms with E-state index in [2.05, 4.69) is 101 Å². The van der Waals surface area contributed by atoms with Crippen molar-refractivity contribution in [3.8, 4) is 11.5 Å². The third kappa shape index (κ3) is 6.75. The number of carbonyl (C=O) groups excluding carboxylic acids is 1. The van der Waals surface area contributed by atoms with Gasteiger partial charge in [-0.25, -0.2) is 4.79 Å². The van der Waals surface area contributed by atoms with Gasteiger partial charge in [-0.2, -0.15) is 0 Å². The van der Waals surface area contributed by atoms with Crippen molar-refractivity contribution < 1.29 is 19.4 Å². The first-order valence-corrected chi connectivity index (χ1v) is 14.7. The van der Waals surface area contributed by atoms with Crippen LogP contribution < -0.4 is 4.74 Å². The number of methoxy groups -OCH3 is 1. The maximum atomic E-state index is 11.3. The Bertz CT molecular complexity index is 1800. The molecule has 6 heteroatoms. The number of esters is 1. The molecule has 0 spiro atoms. The van der Waals surface area contributed by atoms with Crippen molar-refractivity contribution >= 4 is 27.8 Å². The predicted molar refractivity (Wildman–Crippen MR) is 173 cm³/mol. The Morgan fingerprint density at radius 1 is 0.674 bits per heavy atom. The molecule has 0 atom stereocenters. The van der Waals surface area contributed by atoms with Gasteiger partial charge in [0.05, 0.1) is 18.1 Å². The molecule has 2 aromatic heterocycles. The van der Waals surface area contributed by atoms with E-state index in [-0.39, 0.29) is 12.6 Å². The summed E-state index contributed by atoms with van der Waals surface area (Å²) in [6, 6.07) is 36.7. The Morgan fingerprint density at radius 3 is 1.72 bits per heavy atom. The largest absolute Gasteiger partial charge is 0.507 e. The zero-order valence-electron chi connectivity index (χ0n) is 25.0. The first kappa shape index (κ1) is 29.5. The van der Waals surface area contributed by atoms with Crippen molar-refractivity contribution in [1.82, 2.24) is 9.13 Å². The van der Waals surface area contributed by atoms with E-state index >= 15 is 0 Å². The predicted octanol–water partition coefficient (Wildman–Crippen LogP) is 7.76. The van der Waals surface area contributed by atoms with Gasteiger partial charge in [0.1, 0.15) is 11.5 Å². The molecule has 0 aliphatic rings. The second-order valence-corrected chi connectivity index (χ2v) is 10.4. The van der Waals surface area contributed by atoms with Crippen LogP contribution in [0.1, 0.15) is 36.4 Å². The zero-order valence-corrected chi connectivity index (χ0v) is 25.0. The fourth-order valence-electron chi connectivity index (χ4n) is 5.45. The average molecular weight is 575 g/mol. The van der Waals surface area contributed by atoms with Crippen LogP contribution in [0.2, 0.25) is 0 Å². The number of aromatic nitrogens is 2. The number of ether oxygens (including phenoxy) is 2. The van der Waals surface area contributed by atoms with E-state index in [0.717, 1.165) is 47.7 Å². The van der Waals surface area contributed by atoms with E-state index < -0.39 is 0 Å². The van der Waals surface area contributed by atoms with E-state index in [1.54, 1.807) is 6.07 Å². The number of fused-ring (bicyclic) bond motifs is 2. The quantitative estimate of drug-likeness (QED) is 0.179. The number of carbonyl (C=O) groups is 1.